The molecule has 0 aliphatic carbocycles. The summed E-state index contributed by atoms with van der Waals surface area (Å²) in [5.41, 5.74) is 0.492. The van der Waals surface area contributed by atoms with Gasteiger partial charge in [0.15, 0.2) is 0 Å². The number of nitrogens with one attached hydrogen (secondary N) is 3. The van der Waals surface area contributed by atoms with Crippen molar-refractivity contribution in [1.29, 1.82) is 0 Å². The van der Waals surface area contributed by atoms with Crippen LogP contribution in [0.4, 0.5) is 0 Å². The third-order valence-corrected chi connectivity index (χ3v) is 3.60. The Hall–Kier alpha value is -2.13. The van der Waals surface area contributed by atoms with Crippen molar-refractivity contribution in [2.45, 2.75) is 11.4 Å². The molecule has 8 nitrogen and oxygen atoms in total. The molecule has 0 spiro atoms. The first-order valence-electron chi connectivity index (χ1n) is 4.88. The molecule has 0 fully saturated rings. The van der Waals surface area contributed by atoms with Crippen LogP contribution >= 0.6 is 0 Å². The minimum absolute atomic E-state index is 0.0758. The van der Waals surface area contributed by atoms with Crippen molar-refractivity contribution < 1.29 is 18.3 Å². The Labute approximate surface area is 102 Å². The molecule has 0 atom stereocenters. The molecule has 0 radical (unpaired) electrons. The van der Waals surface area contributed by atoms with Gasteiger partial charge in [-0.25, -0.2) is 17.9 Å². The number of rotatable bonds is 5. The second kappa shape index (κ2) is 4.63. The molecular formula is C9H10N4O4S. The van der Waals surface area contributed by atoms with Crippen LogP contribution in [0.3, 0.4) is 0 Å². The largest absolute Gasteiger partial charge is 0.477 e. The summed E-state index contributed by atoms with van der Waals surface area (Å²) in [6.45, 7) is 0.0758. The van der Waals surface area contributed by atoms with Crippen LogP contribution < -0.4 is 4.72 Å². The van der Waals surface area contributed by atoms with Crippen molar-refractivity contribution in [3.05, 3.63) is 35.9 Å². The summed E-state index contributed by atoms with van der Waals surface area (Å²) in [5, 5.41) is 14.9. The molecule has 0 aliphatic heterocycles. The fourth-order valence-corrected chi connectivity index (χ4v) is 2.30. The average Bonchev–Trinajstić information content (AvgIpc) is 2.98. The monoisotopic (exact) mass is 270 g/mol. The summed E-state index contributed by atoms with van der Waals surface area (Å²) >= 11 is 0. The second-order valence-corrected chi connectivity index (χ2v) is 5.25. The Morgan fingerprint density at radius 1 is 1.44 bits per heavy atom. The van der Waals surface area contributed by atoms with Gasteiger partial charge in [-0.15, -0.1) is 0 Å². The lowest BCUT2D eigenvalue weighted by Crippen LogP contribution is -2.22. The van der Waals surface area contributed by atoms with Crippen LogP contribution in [0, 0.1) is 0 Å². The third kappa shape index (κ3) is 2.57. The second-order valence-electron chi connectivity index (χ2n) is 3.49. The van der Waals surface area contributed by atoms with Crippen LogP contribution in [-0.2, 0) is 16.6 Å². The van der Waals surface area contributed by atoms with Crippen molar-refractivity contribution in [3.63, 3.8) is 0 Å². The van der Waals surface area contributed by atoms with Gasteiger partial charge in [-0.1, -0.05) is 0 Å². The maximum atomic E-state index is 11.8. The first-order valence-corrected chi connectivity index (χ1v) is 6.36. The van der Waals surface area contributed by atoms with E-state index in [4.69, 9.17) is 5.11 Å². The molecule has 0 unspecified atom stereocenters. The van der Waals surface area contributed by atoms with E-state index in [-0.39, 0.29) is 17.1 Å². The molecule has 9 heteroatoms. The molecule has 2 rings (SSSR count). The predicted molar refractivity (Wildman–Crippen MR) is 60.4 cm³/mol. The maximum Gasteiger partial charge on any atom is 0.352 e. The fraction of sp³-hybridized carbons (Fsp3) is 0.111. The molecule has 0 amide bonds. The minimum Gasteiger partial charge on any atom is -0.477 e. The molecule has 0 bridgehead atoms. The third-order valence-electron chi connectivity index (χ3n) is 2.22. The van der Waals surface area contributed by atoms with E-state index in [0.717, 1.165) is 12.3 Å². The maximum absolute atomic E-state index is 11.8. The number of carbonyl (C=O) groups is 1. The van der Waals surface area contributed by atoms with Crippen LogP contribution in [0.25, 0.3) is 0 Å². The van der Waals surface area contributed by atoms with Gasteiger partial charge in [0.1, 0.15) is 10.6 Å². The van der Waals surface area contributed by atoms with Crippen LogP contribution in [0.1, 0.15) is 16.1 Å². The van der Waals surface area contributed by atoms with Crippen molar-refractivity contribution in [2.24, 2.45) is 0 Å². The number of nitrogens with zero attached hydrogens (tertiary/aromatic N) is 1. The highest BCUT2D eigenvalue weighted by molar-refractivity contribution is 7.89. The summed E-state index contributed by atoms with van der Waals surface area (Å²) in [7, 11) is -3.74. The molecule has 0 saturated heterocycles. The van der Waals surface area contributed by atoms with Gasteiger partial charge in [-0.05, 0) is 6.07 Å². The summed E-state index contributed by atoms with van der Waals surface area (Å²) in [6.07, 6.45) is 4.17. The van der Waals surface area contributed by atoms with Gasteiger partial charge in [-0.3, -0.25) is 5.10 Å². The van der Waals surface area contributed by atoms with E-state index in [1.165, 1.54) is 6.20 Å². The van der Waals surface area contributed by atoms with Crippen LogP contribution in [0.2, 0.25) is 0 Å². The van der Waals surface area contributed by atoms with E-state index in [1.807, 2.05) is 0 Å². The predicted octanol–water partition coefficient (Wildman–Crippen LogP) is -0.0855. The topological polar surface area (TPSA) is 128 Å². The number of sulfonamides is 1. The number of H-pyrrole nitrogens is 2. The molecule has 2 heterocycles. The van der Waals surface area contributed by atoms with Crippen molar-refractivity contribution in [3.8, 4) is 0 Å². The van der Waals surface area contributed by atoms with Crippen molar-refractivity contribution in [2.75, 3.05) is 0 Å². The Morgan fingerprint density at radius 2 is 2.22 bits per heavy atom. The van der Waals surface area contributed by atoms with Crippen molar-refractivity contribution >= 4 is 16.0 Å². The molecule has 2 aromatic heterocycles. The van der Waals surface area contributed by atoms with E-state index in [9.17, 15) is 13.2 Å². The molecule has 0 aromatic carbocycles. The van der Waals surface area contributed by atoms with Crippen LogP contribution in [-0.4, -0.2) is 34.7 Å². The van der Waals surface area contributed by atoms with Crippen LogP contribution in [0.5, 0.6) is 0 Å². The first-order chi connectivity index (χ1) is 8.49. The zero-order chi connectivity index (χ0) is 13.2. The quantitative estimate of drug-likeness (QED) is 0.604. The summed E-state index contributed by atoms with van der Waals surface area (Å²) in [5.74, 6) is -1.22. The van der Waals surface area contributed by atoms with Gasteiger partial charge in [-0.2, -0.15) is 5.10 Å². The number of hydrogen-bond donors (Lipinski definition) is 4. The molecule has 96 valence electrons. The molecular weight excluding hydrogens is 260 g/mol. The Morgan fingerprint density at radius 3 is 2.78 bits per heavy atom. The number of carboxylic acids is 1. The Balaban J connectivity index is 2.12. The molecule has 2 aromatic rings. The zero-order valence-corrected chi connectivity index (χ0v) is 9.86. The lowest BCUT2D eigenvalue weighted by Gasteiger charge is -2.02. The van der Waals surface area contributed by atoms with E-state index < -0.39 is 16.0 Å². The van der Waals surface area contributed by atoms with E-state index in [1.54, 1.807) is 6.20 Å². The smallest absolute Gasteiger partial charge is 0.352 e. The number of carboxylic acid groups (broad SMARTS) is 1. The van der Waals surface area contributed by atoms with E-state index in [2.05, 4.69) is 19.9 Å². The van der Waals surface area contributed by atoms with Crippen LogP contribution in [0.15, 0.2) is 29.6 Å². The normalized spacial score (nSPS) is 11.6. The van der Waals surface area contributed by atoms with Crippen molar-refractivity contribution in [1.82, 2.24) is 19.9 Å². The lowest BCUT2D eigenvalue weighted by molar-refractivity contribution is 0.0691. The summed E-state index contributed by atoms with van der Waals surface area (Å²) in [6, 6.07) is 1.06. The number of hydrogen-bond acceptors (Lipinski definition) is 4. The van der Waals surface area contributed by atoms with E-state index >= 15 is 0 Å². The standard InChI is InChI=1S/C9H10N4O4S/c14-9(15)8-1-7(5-10-8)18(16,17)13-4-6-2-11-12-3-6/h1-3,5,10,13H,4H2,(H,11,12)(H,14,15). The Kier molecular flexibility index (Phi) is 3.17. The number of aromatic amines is 2. The first kappa shape index (κ1) is 12.3. The molecule has 0 saturated carbocycles. The highest BCUT2D eigenvalue weighted by Gasteiger charge is 2.17. The lowest BCUT2D eigenvalue weighted by atomic mass is 10.4. The highest BCUT2D eigenvalue weighted by atomic mass is 32.2. The van der Waals surface area contributed by atoms with Gasteiger partial charge < -0.3 is 10.1 Å². The number of aromatic nitrogens is 3. The zero-order valence-electron chi connectivity index (χ0n) is 9.04. The van der Waals surface area contributed by atoms with Gasteiger partial charge in [0, 0.05) is 24.5 Å². The SMILES string of the molecule is O=C(O)c1cc(S(=O)(=O)NCc2cn[nH]c2)c[nH]1. The fourth-order valence-electron chi connectivity index (χ4n) is 1.29. The van der Waals surface area contributed by atoms with Gasteiger partial charge in [0.2, 0.25) is 10.0 Å². The minimum atomic E-state index is -3.74. The number of aromatic carboxylic acids is 1. The van der Waals surface area contributed by atoms with Gasteiger partial charge >= 0.3 is 5.97 Å². The van der Waals surface area contributed by atoms with E-state index in [0.29, 0.717) is 5.56 Å². The molecule has 4 N–H and O–H groups in total. The highest BCUT2D eigenvalue weighted by Crippen LogP contribution is 2.11. The summed E-state index contributed by atoms with van der Waals surface area (Å²) < 4.78 is 25.9. The average molecular weight is 270 g/mol. The molecule has 18 heavy (non-hydrogen) atoms. The molecule has 0 aliphatic rings. The Bertz CT molecular complexity index is 644. The van der Waals surface area contributed by atoms with Gasteiger partial charge in [0.25, 0.3) is 0 Å². The van der Waals surface area contributed by atoms with Gasteiger partial charge in [0.05, 0.1) is 6.20 Å². The summed E-state index contributed by atoms with van der Waals surface area (Å²) in [4.78, 5) is 12.9.